The number of hydrogen-bond acceptors (Lipinski definition) is 3. The van der Waals surface area contributed by atoms with Crippen LogP contribution in [-0.2, 0) is 4.79 Å². The molecule has 19 heavy (non-hydrogen) atoms. The zero-order chi connectivity index (χ0) is 13.7. The fraction of sp³-hybridized carbons (Fsp3) is 0.143. The third kappa shape index (κ3) is 3.96. The monoisotopic (exact) mass is 276 g/mol. The predicted octanol–water partition coefficient (Wildman–Crippen LogP) is 3.06. The van der Waals surface area contributed by atoms with E-state index in [1.54, 1.807) is 42.6 Å². The number of pyridine rings is 1. The van der Waals surface area contributed by atoms with Crippen molar-refractivity contribution >= 4 is 23.3 Å². The van der Waals surface area contributed by atoms with Crippen LogP contribution in [0.25, 0.3) is 0 Å². The molecule has 0 aliphatic heterocycles. The Bertz CT molecular complexity index is 573. The summed E-state index contributed by atoms with van der Waals surface area (Å²) in [4.78, 5) is 15.6. The Labute approximate surface area is 116 Å². The molecule has 0 spiro atoms. The molecule has 0 radical (unpaired) electrons. The summed E-state index contributed by atoms with van der Waals surface area (Å²) in [7, 11) is 0. The first-order chi connectivity index (χ1) is 9.15. The summed E-state index contributed by atoms with van der Waals surface area (Å²) in [5, 5.41) is 3.31. The molecule has 0 aliphatic rings. The highest BCUT2D eigenvalue weighted by Crippen LogP contribution is 2.20. The first kappa shape index (κ1) is 13.4. The van der Waals surface area contributed by atoms with Gasteiger partial charge in [0.2, 0.25) is 0 Å². The van der Waals surface area contributed by atoms with Gasteiger partial charge in [0, 0.05) is 11.2 Å². The highest BCUT2D eigenvalue weighted by Gasteiger charge is 2.05. The lowest BCUT2D eigenvalue weighted by Gasteiger charge is -2.08. The third-order valence-corrected chi connectivity index (χ3v) is 2.86. The summed E-state index contributed by atoms with van der Waals surface area (Å²) in [5.74, 6) is 0.854. The highest BCUT2D eigenvalue weighted by molar-refractivity contribution is 6.31. The number of halogens is 1. The summed E-state index contributed by atoms with van der Waals surface area (Å²) in [6.07, 6.45) is 1.61. The first-order valence-corrected chi connectivity index (χ1v) is 6.13. The van der Waals surface area contributed by atoms with Gasteiger partial charge < -0.3 is 10.1 Å². The normalized spacial score (nSPS) is 10.0. The zero-order valence-corrected chi connectivity index (χ0v) is 11.1. The van der Waals surface area contributed by atoms with Crippen molar-refractivity contribution in [1.29, 1.82) is 0 Å². The van der Waals surface area contributed by atoms with Crippen molar-refractivity contribution in [3.63, 3.8) is 0 Å². The van der Waals surface area contributed by atoms with E-state index in [0.717, 1.165) is 5.56 Å². The Balaban J connectivity index is 1.88. The Morgan fingerprint density at radius 3 is 2.89 bits per heavy atom. The SMILES string of the molecule is Cc1cc(OCC(=O)Nc2ccccn2)ccc1Cl. The highest BCUT2D eigenvalue weighted by atomic mass is 35.5. The van der Waals surface area contributed by atoms with E-state index < -0.39 is 0 Å². The maximum atomic E-state index is 11.6. The predicted molar refractivity (Wildman–Crippen MR) is 74.6 cm³/mol. The fourth-order valence-corrected chi connectivity index (χ4v) is 1.59. The lowest BCUT2D eigenvalue weighted by Crippen LogP contribution is -2.20. The molecule has 2 aromatic rings. The smallest absolute Gasteiger partial charge is 0.263 e. The molecule has 0 fully saturated rings. The largest absolute Gasteiger partial charge is 0.484 e. The molecule has 5 heteroatoms. The topological polar surface area (TPSA) is 51.2 Å². The van der Waals surface area contributed by atoms with Crippen molar-refractivity contribution in [2.24, 2.45) is 0 Å². The number of anilines is 1. The van der Waals surface area contributed by atoms with Crippen LogP contribution >= 0.6 is 11.6 Å². The average Bonchev–Trinajstić information content (AvgIpc) is 2.41. The van der Waals surface area contributed by atoms with E-state index in [9.17, 15) is 4.79 Å². The molecule has 1 amide bonds. The molecule has 0 atom stereocenters. The minimum atomic E-state index is -0.258. The van der Waals surface area contributed by atoms with Gasteiger partial charge in [-0.25, -0.2) is 4.98 Å². The number of nitrogens with zero attached hydrogens (tertiary/aromatic N) is 1. The second kappa shape index (κ2) is 6.20. The van der Waals surface area contributed by atoms with Crippen molar-refractivity contribution in [2.45, 2.75) is 6.92 Å². The van der Waals surface area contributed by atoms with E-state index in [0.29, 0.717) is 16.6 Å². The Morgan fingerprint density at radius 1 is 1.37 bits per heavy atom. The van der Waals surface area contributed by atoms with Gasteiger partial charge in [-0.3, -0.25) is 4.79 Å². The number of amides is 1. The van der Waals surface area contributed by atoms with E-state index in [1.807, 2.05) is 6.92 Å². The van der Waals surface area contributed by atoms with Crippen LogP contribution in [-0.4, -0.2) is 17.5 Å². The number of rotatable bonds is 4. The molecule has 2 rings (SSSR count). The fourth-order valence-electron chi connectivity index (χ4n) is 1.47. The number of hydrogen-bond donors (Lipinski definition) is 1. The Morgan fingerprint density at radius 2 is 2.21 bits per heavy atom. The molecular weight excluding hydrogens is 264 g/mol. The lowest BCUT2D eigenvalue weighted by molar-refractivity contribution is -0.118. The first-order valence-electron chi connectivity index (χ1n) is 5.75. The van der Waals surface area contributed by atoms with E-state index >= 15 is 0 Å². The van der Waals surface area contributed by atoms with Gasteiger partial charge in [-0.05, 0) is 42.8 Å². The van der Waals surface area contributed by atoms with Crippen LogP contribution in [0.4, 0.5) is 5.82 Å². The van der Waals surface area contributed by atoms with Gasteiger partial charge >= 0.3 is 0 Å². The molecule has 0 unspecified atom stereocenters. The third-order valence-electron chi connectivity index (χ3n) is 2.43. The van der Waals surface area contributed by atoms with Crippen LogP contribution in [0.1, 0.15) is 5.56 Å². The van der Waals surface area contributed by atoms with E-state index in [2.05, 4.69) is 10.3 Å². The average molecular weight is 277 g/mol. The number of aryl methyl sites for hydroxylation is 1. The summed E-state index contributed by atoms with van der Waals surface area (Å²) in [5.41, 5.74) is 0.907. The van der Waals surface area contributed by atoms with Crippen molar-refractivity contribution < 1.29 is 9.53 Å². The molecular formula is C14H13ClN2O2. The minimum Gasteiger partial charge on any atom is -0.484 e. The van der Waals surface area contributed by atoms with E-state index in [4.69, 9.17) is 16.3 Å². The molecule has 0 saturated carbocycles. The Kier molecular flexibility index (Phi) is 4.36. The standard InChI is InChI=1S/C14H13ClN2O2/c1-10-8-11(5-6-12(10)15)19-9-14(18)17-13-4-2-3-7-16-13/h2-8H,9H2,1H3,(H,16,17,18). The van der Waals surface area contributed by atoms with Gasteiger partial charge in [-0.1, -0.05) is 17.7 Å². The van der Waals surface area contributed by atoms with E-state index in [1.165, 1.54) is 0 Å². The van der Waals surface area contributed by atoms with Crippen LogP contribution in [0.15, 0.2) is 42.6 Å². The molecule has 0 saturated heterocycles. The molecule has 0 bridgehead atoms. The molecule has 4 nitrogen and oxygen atoms in total. The van der Waals surface area contributed by atoms with Gasteiger partial charge in [0.05, 0.1) is 0 Å². The molecule has 1 N–H and O–H groups in total. The number of benzene rings is 1. The Hall–Kier alpha value is -2.07. The summed E-state index contributed by atoms with van der Waals surface area (Å²) < 4.78 is 5.38. The van der Waals surface area contributed by atoms with Crippen LogP contribution < -0.4 is 10.1 Å². The van der Waals surface area contributed by atoms with Crippen LogP contribution in [0, 0.1) is 6.92 Å². The molecule has 1 aromatic heterocycles. The van der Waals surface area contributed by atoms with Crippen molar-refractivity contribution in [3.8, 4) is 5.75 Å². The quantitative estimate of drug-likeness (QED) is 0.934. The number of ether oxygens (including phenoxy) is 1. The summed E-state index contributed by atoms with van der Waals surface area (Å²) >= 11 is 5.91. The van der Waals surface area contributed by atoms with Crippen LogP contribution in [0.5, 0.6) is 5.75 Å². The zero-order valence-electron chi connectivity index (χ0n) is 10.4. The summed E-state index contributed by atoms with van der Waals surface area (Å²) in [6, 6.07) is 10.5. The maximum absolute atomic E-state index is 11.6. The van der Waals surface area contributed by atoms with Crippen molar-refractivity contribution in [1.82, 2.24) is 4.98 Å². The van der Waals surface area contributed by atoms with Crippen molar-refractivity contribution in [3.05, 3.63) is 53.2 Å². The van der Waals surface area contributed by atoms with E-state index in [-0.39, 0.29) is 12.5 Å². The second-order valence-electron chi connectivity index (χ2n) is 3.96. The number of aromatic nitrogens is 1. The number of nitrogens with one attached hydrogen (secondary N) is 1. The lowest BCUT2D eigenvalue weighted by atomic mass is 10.2. The molecule has 0 aliphatic carbocycles. The maximum Gasteiger partial charge on any atom is 0.263 e. The second-order valence-corrected chi connectivity index (χ2v) is 4.37. The molecule has 1 heterocycles. The van der Waals surface area contributed by atoms with Crippen LogP contribution in [0.2, 0.25) is 5.02 Å². The molecule has 1 aromatic carbocycles. The van der Waals surface area contributed by atoms with Crippen LogP contribution in [0.3, 0.4) is 0 Å². The van der Waals surface area contributed by atoms with Gasteiger partial charge in [0.25, 0.3) is 5.91 Å². The van der Waals surface area contributed by atoms with Gasteiger partial charge in [0.1, 0.15) is 11.6 Å². The number of carbonyl (C=O) groups is 1. The molecule has 98 valence electrons. The van der Waals surface area contributed by atoms with Gasteiger partial charge in [-0.15, -0.1) is 0 Å². The van der Waals surface area contributed by atoms with Gasteiger partial charge in [0.15, 0.2) is 6.61 Å². The summed E-state index contributed by atoms with van der Waals surface area (Å²) in [6.45, 7) is 1.81. The van der Waals surface area contributed by atoms with Crippen molar-refractivity contribution in [2.75, 3.05) is 11.9 Å². The number of carbonyl (C=O) groups excluding carboxylic acids is 1. The van der Waals surface area contributed by atoms with Gasteiger partial charge in [-0.2, -0.15) is 0 Å². The minimum absolute atomic E-state index is 0.0718.